The molecule has 1 rings (SSSR count). The number of hydrogen-bond acceptors (Lipinski definition) is 5. The molecule has 0 saturated carbocycles. The lowest BCUT2D eigenvalue weighted by atomic mass is 10.4. The van der Waals surface area contributed by atoms with Gasteiger partial charge in [-0.3, -0.25) is 0 Å². The van der Waals surface area contributed by atoms with Crippen LogP contribution in [0.4, 0.5) is 11.5 Å². The van der Waals surface area contributed by atoms with Crippen molar-refractivity contribution in [3.05, 3.63) is 28.4 Å². The van der Waals surface area contributed by atoms with Crippen molar-refractivity contribution < 1.29 is 10.0 Å². The number of aliphatic hydroxyl groups is 1. The number of hydrogen-bond donors (Lipinski definition) is 2. The first-order valence-electron chi connectivity index (χ1n) is 3.69. The van der Waals surface area contributed by atoms with Gasteiger partial charge in [0.1, 0.15) is 0 Å². The number of nitrogens with one attached hydrogen (secondary N) is 1. The number of nitrogens with zero attached hydrogens (tertiary/aromatic N) is 2. The van der Waals surface area contributed by atoms with Crippen LogP contribution < -0.4 is 5.32 Å². The molecule has 0 aromatic carbocycles. The van der Waals surface area contributed by atoms with E-state index in [4.69, 9.17) is 5.11 Å². The topological polar surface area (TPSA) is 88.3 Å². The molecule has 6 nitrogen and oxygen atoms in total. The van der Waals surface area contributed by atoms with Crippen LogP contribution in [0.3, 0.4) is 0 Å². The van der Waals surface area contributed by atoms with Crippen LogP contribution in [0.2, 0.25) is 0 Å². The summed E-state index contributed by atoms with van der Waals surface area (Å²) in [6, 6.07) is 2.85. The van der Waals surface area contributed by atoms with Gasteiger partial charge in [-0.1, -0.05) is 0 Å². The van der Waals surface area contributed by atoms with Crippen LogP contribution in [0.25, 0.3) is 0 Å². The van der Waals surface area contributed by atoms with E-state index in [0.29, 0.717) is 12.2 Å². The van der Waals surface area contributed by atoms with E-state index < -0.39 is 4.92 Å². The van der Waals surface area contributed by atoms with Gasteiger partial charge in [0.05, 0.1) is 12.3 Å². The highest BCUT2D eigenvalue weighted by atomic mass is 16.6. The van der Waals surface area contributed by atoms with Gasteiger partial charge in [0, 0.05) is 12.6 Å². The molecule has 0 bridgehead atoms. The van der Waals surface area contributed by atoms with Crippen molar-refractivity contribution in [3.63, 3.8) is 0 Å². The smallest absolute Gasteiger partial charge is 0.363 e. The van der Waals surface area contributed by atoms with Crippen LogP contribution in [0.1, 0.15) is 0 Å². The fourth-order valence-electron chi connectivity index (χ4n) is 0.799. The number of aliphatic hydroxyl groups excluding tert-OH is 1. The second-order valence-electron chi connectivity index (χ2n) is 2.31. The zero-order valence-electron chi connectivity index (χ0n) is 6.80. The number of anilines is 1. The summed E-state index contributed by atoms with van der Waals surface area (Å²) in [5.74, 6) is -0.186. The van der Waals surface area contributed by atoms with Gasteiger partial charge in [0.25, 0.3) is 0 Å². The Hall–Kier alpha value is -1.69. The summed E-state index contributed by atoms with van der Waals surface area (Å²) in [4.78, 5) is 13.2. The Morgan fingerprint density at radius 2 is 2.38 bits per heavy atom. The molecule has 6 heteroatoms. The minimum absolute atomic E-state index is 0.0109. The minimum Gasteiger partial charge on any atom is -0.395 e. The third-order valence-corrected chi connectivity index (χ3v) is 1.38. The summed E-state index contributed by atoms with van der Waals surface area (Å²) >= 11 is 0. The van der Waals surface area contributed by atoms with Crippen LogP contribution in [0, 0.1) is 10.1 Å². The summed E-state index contributed by atoms with van der Waals surface area (Å²) in [5.41, 5.74) is 0.652. The Balaban J connectivity index is 2.64. The zero-order valence-corrected chi connectivity index (χ0v) is 6.80. The molecular formula is C7H9N3O3. The minimum atomic E-state index is -0.560. The highest BCUT2D eigenvalue weighted by molar-refractivity contribution is 5.43. The van der Waals surface area contributed by atoms with Gasteiger partial charge in [0.2, 0.25) is 0 Å². The van der Waals surface area contributed by atoms with E-state index in [1.807, 2.05) is 0 Å². The average Bonchev–Trinajstić information content (AvgIpc) is 2.15. The second kappa shape index (κ2) is 4.36. The fourth-order valence-corrected chi connectivity index (χ4v) is 0.799. The predicted octanol–water partition coefficient (Wildman–Crippen LogP) is 0.394. The maximum absolute atomic E-state index is 10.2. The maximum atomic E-state index is 10.2. The van der Waals surface area contributed by atoms with Gasteiger partial charge in [-0.25, -0.2) is 0 Å². The summed E-state index contributed by atoms with van der Waals surface area (Å²) in [5, 5.41) is 21.5. The zero-order chi connectivity index (χ0) is 9.68. The average molecular weight is 183 g/mol. The normalized spacial score (nSPS) is 9.62. The van der Waals surface area contributed by atoms with Gasteiger partial charge in [-0.15, -0.1) is 0 Å². The molecule has 13 heavy (non-hydrogen) atoms. The van der Waals surface area contributed by atoms with E-state index in [-0.39, 0.29) is 12.4 Å². The van der Waals surface area contributed by atoms with Gasteiger partial charge in [-0.05, 0) is 16.0 Å². The number of pyridine rings is 1. The summed E-state index contributed by atoms with van der Waals surface area (Å²) < 4.78 is 0. The van der Waals surface area contributed by atoms with Crippen LogP contribution in [-0.2, 0) is 0 Å². The molecule has 0 unspecified atom stereocenters. The monoisotopic (exact) mass is 183 g/mol. The largest absolute Gasteiger partial charge is 0.395 e. The van der Waals surface area contributed by atoms with E-state index in [9.17, 15) is 10.1 Å². The third kappa shape index (κ3) is 2.68. The first-order valence-corrected chi connectivity index (χ1v) is 3.69. The third-order valence-electron chi connectivity index (χ3n) is 1.38. The quantitative estimate of drug-likeness (QED) is 0.520. The van der Waals surface area contributed by atoms with Gasteiger partial charge >= 0.3 is 5.82 Å². The van der Waals surface area contributed by atoms with Gasteiger partial charge in [-0.2, -0.15) is 0 Å². The molecule has 0 aliphatic carbocycles. The predicted molar refractivity (Wildman–Crippen MR) is 46.5 cm³/mol. The SMILES string of the molecule is O=[N+]([O-])c1ccc(NCCO)cn1. The molecule has 70 valence electrons. The van der Waals surface area contributed by atoms with Crippen LogP contribution >= 0.6 is 0 Å². The maximum Gasteiger partial charge on any atom is 0.363 e. The van der Waals surface area contributed by atoms with Crippen molar-refractivity contribution in [2.24, 2.45) is 0 Å². The van der Waals surface area contributed by atoms with Crippen molar-refractivity contribution >= 4 is 11.5 Å². The second-order valence-corrected chi connectivity index (χ2v) is 2.31. The lowest BCUT2D eigenvalue weighted by Crippen LogP contribution is -2.05. The number of aromatic nitrogens is 1. The summed E-state index contributed by atoms with van der Waals surface area (Å²) in [7, 11) is 0. The van der Waals surface area contributed by atoms with Crippen LogP contribution in [-0.4, -0.2) is 28.2 Å². The van der Waals surface area contributed by atoms with E-state index in [0.717, 1.165) is 0 Å². The Morgan fingerprint density at radius 1 is 1.62 bits per heavy atom. The van der Waals surface area contributed by atoms with Crippen LogP contribution in [0.15, 0.2) is 18.3 Å². The highest BCUT2D eigenvalue weighted by Gasteiger charge is 2.04. The number of nitro groups is 1. The lowest BCUT2D eigenvalue weighted by Gasteiger charge is -2.00. The molecule has 0 atom stereocenters. The molecule has 0 spiro atoms. The van der Waals surface area contributed by atoms with Crippen molar-refractivity contribution in [2.45, 2.75) is 0 Å². The van der Waals surface area contributed by atoms with Gasteiger partial charge < -0.3 is 20.5 Å². The standard InChI is InChI=1S/C7H9N3O3/c11-4-3-8-6-1-2-7(9-5-6)10(12)13/h1-2,5,8,11H,3-4H2. The molecule has 0 saturated heterocycles. The Labute approximate surface area is 74.4 Å². The van der Waals surface area contributed by atoms with Crippen LogP contribution in [0.5, 0.6) is 0 Å². The molecule has 1 aromatic heterocycles. The van der Waals surface area contributed by atoms with E-state index in [1.54, 1.807) is 6.07 Å². The molecule has 0 aliphatic heterocycles. The van der Waals surface area contributed by atoms with E-state index in [2.05, 4.69) is 10.3 Å². The Bertz CT molecular complexity index is 286. The summed E-state index contributed by atoms with van der Waals surface area (Å²) in [6.07, 6.45) is 1.35. The fraction of sp³-hybridized carbons (Fsp3) is 0.286. The molecule has 2 N–H and O–H groups in total. The van der Waals surface area contributed by atoms with Crippen molar-refractivity contribution in [1.29, 1.82) is 0 Å². The molecule has 0 amide bonds. The van der Waals surface area contributed by atoms with E-state index in [1.165, 1.54) is 12.3 Å². The van der Waals surface area contributed by atoms with Crippen molar-refractivity contribution in [1.82, 2.24) is 4.98 Å². The summed E-state index contributed by atoms with van der Waals surface area (Å²) in [6.45, 7) is 0.413. The molecule has 0 aliphatic rings. The first kappa shape index (κ1) is 9.40. The van der Waals surface area contributed by atoms with E-state index >= 15 is 0 Å². The molecule has 0 radical (unpaired) electrons. The Morgan fingerprint density at radius 3 is 2.85 bits per heavy atom. The van der Waals surface area contributed by atoms with Crippen molar-refractivity contribution in [2.75, 3.05) is 18.5 Å². The number of rotatable bonds is 4. The van der Waals surface area contributed by atoms with Gasteiger partial charge in [0.15, 0.2) is 6.20 Å². The molecule has 1 heterocycles. The first-order chi connectivity index (χ1) is 6.24. The van der Waals surface area contributed by atoms with Crippen molar-refractivity contribution in [3.8, 4) is 0 Å². The molecule has 1 aromatic rings. The highest BCUT2D eigenvalue weighted by Crippen LogP contribution is 2.10. The Kier molecular flexibility index (Phi) is 3.15. The molecular weight excluding hydrogens is 174 g/mol. The molecule has 0 fully saturated rings. The lowest BCUT2D eigenvalue weighted by molar-refractivity contribution is -0.389.